The number of amides is 1. The first-order chi connectivity index (χ1) is 15.0. The van der Waals surface area contributed by atoms with Crippen LogP contribution in [0.4, 0.5) is 11.4 Å². The molecule has 1 aromatic heterocycles. The zero-order valence-corrected chi connectivity index (χ0v) is 18.3. The molecule has 1 amide bonds. The van der Waals surface area contributed by atoms with Gasteiger partial charge in [-0.15, -0.1) is 0 Å². The predicted molar refractivity (Wildman–Crippen MR) is 124 cm³/mol. The highest BCUT2D eigenvalue weighted by atomic mass is 16.4. The molecule has 0 radical (unpaired) electrons. The standard InChI is InChI=1S/C24H30N4O3/c1-3-26-13-15-27(16-14-26)20-11-10-19(17-18(20)2)25-23(29)9-6-12-28-21-7-4-5-8-22(21)31-24(28)30/h4-5,7-8,10-11,17H,3,6,9,12-16H2,1-2H3,(H,25,29). The van der Waals surface area contributed by atoms with Gasteiger partial charge in [-0.05, 0) is 55.8 Å². The number of nitrogens with one attached hydrogen (secondary N) is 1. The summed E-state index contributed by atoms with van der Waals surface area (Å²) < 4.78 is 6.82. The second kappa shape index (κ2) is 9.39. The minimum Gasteiger partial charge on any atom is -0.408 e. The molecule has 2 heterocycles. The summed E-state index contributed by atoms with van der Waals surface area (Å²) in [5.74, 6) is -0.433. The molecular formula is C24H30N4O3. The van der Waals surface area contributed by atoms with Crippen LogP contribution < -0.4 is 16.0 Å². The van der Waals surface area contributed by atoms with Crippen molar-refractivity contribution in [2.45, 2.75) is 33.2 Å². The van der Waals surface area contributed by atoms with E-state index < -0.39 is 0 Å². The Kier molecular flexibility index (Phi) is 6.42. The van der Waals surface area contributed by atoms with Crippen molar-refractivity contribution >= 4 is 28.4 Å². The number of nitrogens with zero attached hydrogens (tertiary/aromatic N) is 3. The lowest BCUT2D eigenvalue weighted by molar-refractivity contribution is -0.116. The van der Waals surface area contributed by atoms with Gasteiger partial charge in [0, 0.05) is 50.5 Å². The maximum atomic E-state index is 12.4. The van der Waals surface area contributed by atoms with E-state index in [2.05, 4.69) is 35.0 Å². The maximum absolute atomic E-state index is 12.4. The highest BCUT2D eigenvalue weighted by Crippen LogP contribution is 2.25. The molecule has 4 rings (SSSR count). The first-order valence-electron chi connectivity index (χ1n) is 11.0. The van der Waals surface area contributed by atoms with Gasteiger partial charge in [0.2, 0.25) is 5.91 Å². The number of benzene rings is 2. The van der Waals surface area contributed by atoms with Crippen LogP contribution in [0.3, 0.4) is 0 Å². The van der Waals surface area contributed by atoms with Crippen molar-refractivity contribution in [3.05, 3.63) is 58.6 Å². The van der Waals surface area contributed by atoms with Crippen molar-refractivity contribution in [2.24, 2.45) is 0 Å². The topological polar surface area (TPSA) is 70.7 Å². The van der Waals surface area contributed by atoms with Gasteiger partial charge in [-0.25, -0.2) is 4.79 Å². The molecule has 0 spiro atoms. The van der Waals surface area contributed by atoms with Crippen LogP contribution in [0.15, 0.2) is 51.7 Å². The molecule has 164 valence electrons. The highest BCUT2D eigenvalue weighted by Gasteiger charge is 2.17. The number of aryl methyl sites for hydroxylation is 2. The quantitative estimate of drug-likeness (QED) is 0.631. The van der Waals surface area contributed by atoms with Crippen molar-refractivity contribution in [3.8, 4) is 0 Å². The number of aromatic nitrogens is 1. The van der Waals surface area contributed by atoms with Crippen molar-refractivity contribution in [2.75, 3.05) is 42.9 Å². The summed E-state index contributed by atoms with van der Waals surface area (Å²) in [5.41, 5.74) is 4.55. The fraction of sp³-hybridized carbons (Fsp3) is 0.417. The Hall–Kier alpha value is -3.06. The molecule has 1 N–H and O–H groups in total. The Morgan fingerprint density at radius 3 is 2.61 bits per heavy atom. The van der Waals surface area contributed by atoms with Crippen molar-refractivity contribution < 1.29 is 9.21 Å². The van der Waals surface area contributed by atoms with Crippen molar-refractivity contribution in [1.82, 2.24) is 9.47 Å². The number of piperazine rings is 1. The number of rotatable bonds is 7. The van der Waals surface area contributed by atoms with E-state index in [9.17, 15) is 9.59 Å². The first kappa shape index (κ1) is 21.2. The molecule has 1 fully saturated rings. The van der Waals surface area contributed by atoms with Crippen LogP contribution in [0.2, 0.25) is 0 Å². The van der Waals surface area contributed by atoms with Crippen LogP contribution in [-0.2, 0) is 11.3 Å². The van der Waals surface area contributed by atoms with Crippen LogP contribution in [0.5, 0.6) is 0 Å². The fourth-order valence-electron chi connectivity index (χ4n) is 4.24. The average Bonchev–Trinajstić information content (AvgIpc) is 3.09. The maximum Gasteiger partial charge on any atom is 0.419 e. The first-order valence-corrected chi connectivity index (χ1v) is 11.0. The lowest BCUT2D eigenvalue weighted by atomic mass is 10.1. The van der Waals surface area contributed by atoms with Crippen LogP contribution in [0.1, 0.15) is 25.3 Å². The van der Waals surface area contributed by atoms with Gasteiger partial charge in [-0.3, -0.25) is 9.36 Å². The molecule has 2 aromatic carbocycles. The molecule has 1 saturated heterocycles. The molecule has 7 heteroatoms. The summed E-state index contributed by atoms with van der Waals surface area (Å²) >= 11 is 0. The van der Waals surface area contributed by atoms with Crippen molar-refractivity contribution in [3.63, 3.8) is 0 Å². The van der Waals surface area contributed by atoms with E-state index >= 15 is 0 Å². The largest absolute Gasteiger partial charge is 0.419 e. The Morgan fingerprint density at radius 1 is 1.10 bits per heavy atom. The van der Waals surface area contributed by atoms with E-state index in [-0.39, 0.29) is 11.7 Å². The Balaban J connectivity index is 1.31. The smallest absolute Gasteiger partial charge is 0.408 e. The lowest BCUT2D eigenvalue weighted by Crippen LogP contribution is -2.46. The molecule has 3 aromatic rings. The van der Waals surface area contributed by atoms with Gasteiger partial charge >= 0.3 is 5.76 Å². The van der Waals surface area contributed by atoms with Gasteiger partial charge in [0.05, 0.1) is 5.52 Å². The monoisotopic (exact) mass is 422 g/mol. The Morgan fingerprint density at radius 2 is 1.87 bits per heavy atom. The third kappa shape index (κ3) is 4.82. The van der Waals surface area contributed by atoms with Crippen LogP contribution in [-0.4, -0.2) is 48.1 Å². The number of carbonyl (C=O) groups is 1. The number of fused-ring (bicyclic) bond motifs is 1. The molecule has 0 unspecified atom stereocenters. The van der Waals surface area contributed by atoms with E-state index in [0.29, 0.717) is 25.0 Å². The van der Waals surface area contributed by atoms with Crippen LogP contribution >= 0.6 is 0 Å². The summed E-state index contributed by atoms with van der Waals surface area (Å²) in [6, 6.07) is 13.4. The normalized spacial score (nSPS) is 14.8. The SMILES string of the molecule is CCN1CCN(c2ccc(NC(=O)CCCn3c(=O)oc4ccccc43)cc2C)CC1. The third-order valence-electron chi connectivity index (χ3n) is 6.00. The summed E-state index contributed by atoms with van der Waals surface area (Å²) in [6.07, 6.45) is 0.903. The molecule has 0 aliphatic carbocycles. The number of hydrogen-bond acceptors (Lipinski definition) is 5. The molecule has 0 bridgehead atoms. The molecule has 1 aliphatic heterocycles. The zero-order chi connectivity index (χ0) is 21.8. The molecule has 7 nitrogen and oxygen atoms in total. The van der Waals surface area contributed by atoms with Crippen LogP contribution in [0.25, 0.3) is 11.1 Å². The molecular weight excluding hydrogens is 392 g/mol. The Labute approximate surface area is 182 Å². The zero-order valence-electron chi connectivity index (χ0n) is 18.3. The minimum absolute atomic E-state index is 0.0513. The molecule has 0 saturated carbocycles. The average molecular weight is 423 g/mol. The highest BCUT2D eigenvalue weighted by molar-refractivity contribution is 5.91. The van der Waals surface area contributed by atoms with Crippen LogP contribution in [0, 0.1) is 6.92 Å². The number of oxazole rings is 1. The summed E-state index contributed by atoms with van der Waals surface area (Å²) in [4.78, 5) is 29.3. The molecule has 1 aliphatic rings. The Bertz CT molecular complexity index is 1110. The van der Waals surface area contributed by atoms with Gasteiger partial charge in [0.15, 0.2) is 5.58 Å². The van der Waals surface area contributed by atoms with E-state index in [1.165, 1.54) is 11.3 Å². The summed E-state index contributed by atoms with van der Waals surface area (Å²) in [5, 5.41) is 2.98. The second-order valence-electron chi connectivity index (χ2n) is 8.06. The second-order valence-corrected chi connectivity index (χ2v) is 8.06. The molecule has 31 heavy (non-hydrogen) atoms. The number of carbonyl (C=O) groups excluding carboxylic acids is 1. The number of hydrogen-bond donors (Lipinski definition) is 1. The fourth-order valence-corrected chi connectivity index (χ4v) is 4.24. The van der Waals surface area contributed by atoms with Gasteiger partial charge in [0.25, 0.3) is 0 Å². The van der Waals surface area contributed by atoms with E-state index in [4.69, 9.17) is 4.42 Å². The minimum atomic E-state index is -0.382. The van der Waals surface area contributed by atoms with Gasteiger partial charge in [0.1, 0.15) is 0 Å². The number of anilines is 2. The summed E-state index contributed by atoms with van der Waals surface area (Å²) in [6.45, 7) is 10.1. The van der Waals surface area contributed by atoms with Gasteiger partial charge < -0.3 is 19.5 Å². The molecule has 0 atom stereocenters. The van der Waals surface area contributed by atoms with E-state index in [1.54, 1.807) is 10.6 Å². The van der Waals surface area contributed by atoms with E-state index in [1.807, 2.05) is 30.3 Å². The predicted octanol–water partition coefficient (Wildman–Crippen LogP) is 3.46. The lowest BCUT2D eigenvalue weighted by Gasteiger charge is -2.36. The van der Waals surface area contributed by atoms with Crippen molar-refractivity contribution in [1.29, 1.82) is 0 Å². The summed E-state index contributed by atoms with van der Waals surface area (Å²) in [7, 11) is 0. The number of likely N-dealkylation sites (N-methyl/N-ethyl adjacent to an activating group) is 1. The van der Waals surface area contributed by atoms with Gasteiger partial charge in [-0.1, -0.05) is 19.1 Å². The van der Waals surface area contributed by atoms with E-state index in [0.717, 1.165) is 43.9 Å². The third-order valence-corrected chi connectivity index (χ3v) is 6.00. The number of para-hydroxylation sites is 2. The van der Waals surface area contributed by atoms with Gasteiger partial charge in [-0.2, -0.15) is 0 Å².